The number of thioether (sulfide) groups is 1. The Morgan fingerprint density at radius 2 is 2.18 bits per heavy atom. The fourth-order valence-corrected chi connectivity index (χ4v) is 1.31. The van der Waals surface area contributed by atoms with E-state index in [4.69, 9.17) is 5.73 Å². The van der Waals surface area contributed by atoms with E-state index in [-0.39, 0.29) is 18.4 Å². The molecule has 2 N–H and O–H groups in total. The standard InChI is InChI=1S/C6H13NO2S.ClH/c1-6(7,4-10-3)5(8)9-2;/h4,7H2,1-3H3;1H. The van der Waals surface area contributed by atoms with Crippen molar-refractivity contribution in [2.75, 3.05) is 19.1 Å². The zero-order valence-corrected chi connectivity index (χ0v) is 8.55. The van der Waals surface area contributed by atoms with Crippen molar-refractivity contribution in [2.24, 2.45) is 5.73 Å². The van der Waals surface area contributed by atoms with Gasteiger partial charge in [-0.25, -0.2) is 0 Å². The van der Waals surface area contributed by atoms with Crippen LogP contribution in [-0.2, 0) is 9.53 Å². The zero-order valence-electron chi connectivity index (χ0n) is 6.92. The molecule has 0 saturated heterocycles. The summed E-state index contributed by atoms with van der Waals surface area (Å²) in [6, 6.07) is 0. The van der Waals surface area contributed by atoms with Crippen molar-refractivity contribution in [3.63, 3.8) is 0 Å². The molecule has 0 aliphatic heterocycles. The lowest BCUT2D eigenvalue weighted by molar-refractivity contribution is -0.145. The molecule has 0 aliphatic carbocycles. The van der Waals surface area contributed by atoms with Gasteiger partial charge < -0.3 is 10.5 Å². The summed E-state index contributed by atoms with van der Waals surface area (Å²) in [5.41, 5.74) is 4.75. The molecule has 0 bridgehead atoms. The fraction of sp³-hybridized carbons (Fsp3) is 0.833. The number of methoxy groups -OCH3 is 1. The van der Waals surface area contributed by atoms with E-state index in [1.807, 2.05) is 6.26 Å². The molecule has 3 nitrogen and oxygen atoms in total. The first-order valence-corrected chi connectivity index (χ1v) is 4.30. The van der Waals surface area contributed by atoms with Crippen molar-refractivity contribution in [1.82, 2.24) is 0 Å². The van der Waals surface area contributed by atoms with E-state index in [0.29, 0.717) is 5.75 Å². The van der Waals surface area contributed by atoms with Crippen LogP contribution in [0.4, 0.5) is 0 Å². The van der Waals surface area contributed by atoms with E-state index in [1.54, 1.807) is 6.92 Å². The van der Waals surface area contributed by atoms with E-state index >= 15 is 0 Å². The van der Waals surface area contributed by atoms with Gasteiger partial charge >= 0.3 is 5.97 Å². The molecule has 1 atom stereocenters. The molecule has 0 saturated carbocycles. The van der Waals surface area contributed by atoms with Gasteiger partial charge in [-0.2, -0.15) is 11.8 Å². The van der Waals surface area contributed by atoms with Crippen molar-refractivity contribution < 1.29 is 9.53 Å². The maximum absolute atomic E-state index is 10.9. The molecule has 11 heavy (non-hydrogen) atoms. The Kier molecular flexibility index (Phi) is 7.05. The second kappa shape index (κ2) is 5.69. The number of nitrogens with two attached hydrogens (primary N) is 1. The normalized spacial score (nSPS) is 14.5. The van der Waals surface area contributed by atoms with E-state index in [1.165, 1.54) is 18.9 Å². The summed E-state index contributed by atoms with van der Waals surface area (Å²) in [4.78, 5) is 10.9. The highest BCUT2D eigenvalue weighted by atomic mass is 35.5. The molecule has 68 valence electrons. The van der Waals surface area contributed by atoms with Crippen LogP contribution in [0.1, 0.15) is 6.92 Å². The lowest BCUT2D eigenvalue weighted by Crippen LogP contribution is -2.48. The van der Waals surface area contributed by atoms with E-state index < -0.39 is 5.54 Å². The van der Waals surface area contributed by atoms with Crippen molar-refractivity contribution in [3.8, 4) is 0 Å². The Bertz CT molecular complexity index is 130. The van der Waals surface area contributed by atoms with Crippen LogP contribution in [-0.4, -0.2) is 30.6 Å². The number of halogens is 1. The molecule has 0 rings (SSSR count). The molecule has 1 unspecified atom stereocenters. The first-order valence-electron chi connectivity index (χ1n) is 2.91. The number of carbonyl (C=O) groups excluding carboxylic acids is 1. The van der Waals surface area contributed by atoms with Crippen molar-refractivity contribution in [1.29, 1.82) is 0 Å². The van der Waals surface area contributed by atoms with E-state index in [9.17, 15) is 4.79 Å². The molecule has 0 radical (unpaired) electrons. The molecular weight excluding hydrogens is 186 g/mol. The predicted octanol–water partition coefficient (Wildman–Crippen LogP) is 0.662. The van der Waals surface area contributed by atoms with Gasteiger partial charge in [-0.05, 0) is 13.2 Å². The highest BCUT2D eigenvalue weighted by Crippen LogP contribution is 2.08. The molecule has 5 heteroatoms. The topological polar surface area (TPSA) is 52.3 Å². The number of ether oxygens (including phenoxy) is 1. The number of carbonyl (C=O) groups is 1. The van der Waals surface area contributed by atoms with Gasteiger partial charge in [0.15, 0.2) is 0 Å². The summed E-state index contributed by atoms with van der Waals surface area (Å²) in [5, 5.41) is 0. The van der Waals surface area contributed by atoms with Crippen LogP contribution in [0.25, 0.3) is 0 Å². The third-order valence-corrected chi connectivity index (χ3v) is 1.98. The number of hydrogen-bond donors (Lipinski definition) is 1. The third kappa shape index (κ3) is 4.50. The lowest BCUT2D eigenvalue weighted by Gasteiger charge is -2.19. The van der Waals surface area contributed by atoms with Gasteiger partial charge in [-0.15, -0.1) is 12.4 Å². The summed E-state index contributed by atoms with van der Waals surface area (Å²) >= 11 is 1.53. The number of rotatable bonds is 3. The third-order valence-electron chi connectivity index (χ3n) is 1.10. The van der Waals surface area contributed by atoms with Crippen molar-refractivity contribution in [2.45, 2.75) is 12.5 Å². The molecule has 0 aromatic heterocycles. The monoisotopic (exact) mass is 199 g/mol. The summed E-state index contributed by atoms with van der Waals surface area (Å²) < 4.78 is 4.49. The summed E-state index contributed by atoms with van der Waals surface area (Å²) in [6.45, 7) is 1.66. The summed E-state index contributed by atoms with van der Waals surface area (Å²) in [7, 11) is 1.34. The van der Waals surface area contributed by atoms with Crippen LogP contribution in [0.15, 0.2) is 0 Å². The minimum Gasteiger partial charge on any atom is -0.468 e. The number of hydrogen-bond acceptors (Lipinski definition) is 4. The first kappa shape index (κ1) is 13.6. The van der Waals surface area contributed by atoms with Crippen LogP contribution in [0.3, 0.4) is 0 Å². The Hall–Kier alpha value is 0.0700. The van der Waals surface area contributed by atoms with E-state index in [0.717, 1.165) is 0 Å². The highest BCUT2D eigenvalue weighted by molar-refractivity contribution is 7.98. The maximum Gasteiger partial charge on any atom is 0.326 e. The largest absolute Gasteiger partial charge is 0.468 e. The average molecular weight is 200 g/mol. The molecule has 0 spiro atoms. The second-order valence-electron chi connectivity index (χ2n) is 2.34. The molecule has 0 aromatic carbocycles. The van der Waals surface area contributed by atoms with Gasteiger partial charge in [0.1, 0.15) is 5.54 Å². The molecule has 0 heterocycles. The minimum atomic E-state index is -0.839. The van der Waals surface area contributed by atoms with Gasteiger partial charge in [0.2, 0.25) is 0 Å². The first-order chi connectivity index (χ1) is 4.54. The Morgan fingerprint density at radius 1 is 1.73 bits per heavy atom. The van der Waals surface area contributed by atoms with Crippen LogP contribution in [0, 0.1) is 0 Å². The predicted molar refractivity (Wildman–Crippen MR) is 50.2 cm³/mol. The van der Waals surface area contributed by atoms with Gasteiger partial charge in [0, 0.05) is 5.75 Å². The molecule has 0 aliphatic rings. The van der Waals surface area contributed by atoms with Crippen LogP contribution in [0.2, 0.25) is 0 Å². The smallest absolute Gasteiger partial charge is 0.326 e. The van der Waals surface area contributed by atoms with Gasteiger partial charge in [-0.3, -0.25) is 4.79 Å². The summed E-state index contributed by atoms with van der Waals surface area (Å²) in [6.07, 6.45) is 1.90. The fourth-order valence-electron chi connectivity index (χ4n) is 0.592. The summed E-state index contributed by atoms with van der Waals surface area (Å²) in [5.74, 6) is 0.224. The van der Waals surface area contributed by atoms with Crippen LogP contribution in [0.5, 0.6) is 0 Å². The Balaban J connectivity index is 0. The van der Waals surface area contributed by atoms with Crippen molar-refractivity contribution in [3.05, 3.63) is 0 Å². The van der Waals surface area contributed by atoms with Crippen LogP contribution < -0.4 is 5.73 Å². The zero-order chi connectivity index (χ0) is 8.20. The Labute approximate surface area is 77.5 Å². The Morgan fingerprint density at radius 3 is 2.45 bits per heavy atom. The quantitative estimate of drug-likeness (QED) is 0.679. The molecule has 0 aromatic rings. The molecule has 0 amide bonds. The van der Waals surface area contributed by atoms with Gasteiger partial charge in [-0.1, -0.05) is 0 Å². The minimum absolute atomic E-state index is 0. The highest BCUT2D eigenvalue weighted by Gasteiger charge is 2.28. The average Bonchev–Trinajstić information content (AvgIpc) is 1.86. The van der Waals surface area contributed by atoms with E-state index in [2.05, 4.69) is 4.74 Å². The molecule has 0 fully saturated rings. The van der Waals surface area contributed by atoms with Crippen molar-refractivity contribution >= 4 is 30.1 Å². The SMILES string of the molecule is COC(=O)C(C)(N)CSC.Cl. The van der Waals surface area contributed by atoms with Gasteiger partial charge in [0.25, 0.3) is 0 Å². The molecular formula is C6H14ClNO2S. The van der Waals surface area contributed by atoms with Crippen LogP contribution >= 0.6 is 24.2 Å². The van der Waals surface area contributed by atoms with Gasteiger partial charge in [0.05, 0.1) is 7.11 Å². The lowest BCUT2D eigenvalue weighted by atomic mass is 10.1. The maximum atomic E-state index is 10.9. The second-order valence-corrected chi connectivity index (χ2v) is 3.21. The number of esters is 1.